The number of nitrogens with one attached hydrogen (secondary N) is 1. The minimum absolute atomic E-state index is 0.306. The molecule has 0 bridgehead atoms. The number of nitrogens with zero attached hydrogens (tertiary/aromatic N) is 2. The van der Waals surface area contributed by atoms with Gasteiger partial charge in [-0.05, 0) is 43.9 Å². The van der Waals surface area contributed by atoms with Gasteiger partial charge in [-0.3, -0.25) is 4.68 Å². The molecule has 0 saturated carbocycles. The quantitative estimate of drug-likeness (QED) is 0.687. The third-order valence-corrected chi connectivity index (χ3v) is 5.64. The fourth-order valence-corrected chi connectivity index (χ4v) is 3.58. The molecule has 0 unspecified atom stereocenters. The smallest absolute Gasteiger partial charge is 0.240 e. The zero-order chi connectivity index (χ0) is 17.6. The molecule has 0 saturated heterocycles. The molecule has 0 aliphatic heterocycles. The van der Waals surface area contributed by atoms with E-state index in [1.807, 2.05) is 19.1 Å². The Morgan fingerprint density at radius 2 is 1.92 bits per heavy atom. The molecule has 0 fully saturated rings. The Bertz CT molecular complexity index is 735. The Hall–Kier alpha value is -1.37. The summed E-state index contributed by atoms with van der Waals surface area (Å²) in [4.78, 5) is 0.306. The zero-order valence-electron chi connectivity index (χ0n) is 14.1. The molecule has 1 N–H and O–H groups in total. The summed E-state index contributed by atoms with van der Waals surface area (Å²) in [6.45, 7) is 4.95. The lowest BCUT2D eigenvalue weighted by Gasteiger charge is -2.08. The van der Waals surface area contributed by atoms with Gasteiger partial charge >= 0.3 is 0 Å². The second kappa shape index (κ2) is 8.65. The van der Waals surface area contributed by atoms with Crippen LogP contribution in [0.5, 0.6) is 0 Å². The van der Waals surface area contributed by atoms with E-state index in [0.29, 0.717) is 29.4 Å². The van der Waals surface area contributed by atoms with E-state index in [-0.39, 0.29) is 0 Å². The van der Waals surface area contributed by atoms with Crippen LogP contribution >= 0.6 is 11.6 Å². The number of sulfonamides is 1. The zero-order valence-corrected chi connectivity index (χ0v) is 15.7. The van der Waals surface area contributed by atoms with E-state index in [0.717, 1.165) is 25.0 Å². The molecule has 0 radical (unpaired) electrons. The summed E-state index contributed by atoms with van der Waals surface area (Å²) in [5.74, 6) is 0. The highest BCUT2D eigenvalue weighted by Crippen LogP contribution is 2.13. The van der Waals surface area contributed by atoms with Gasteiger partial charge in [0.15, 0.2) is 0 Å². The monoisotopic (exact) mass is 369 g/mol. The Balaban J connectivity index is 1.84. The van der Waals surface area contributed by atoms with Crippen molar-refractivity contribution in [2.75, 3.05) is 6.54 Å². The fraction of sp³-hybridized carbons (Fsp3) is 0.471. The van der Waals surface area contributed by atoms with Gasteiger partial charge in [0.1, 0.15) is 0 Å². The fourth-order valence-electron chi connectivity index (χ4n) is 2.36. The average molecular weight is 370 g/mol. The first-order chi connectivity index (χ1) is 11.4. The Labute approximate surface area is 149 Å². The number of aromatic nitrogens is 2. The minimum atomic E-state index is -3.46. The number of benzene rings is 1. The summed E-state index contributed by atoms with van der Waals surface area (Å²) in [5.41, 5.74) is 1.95. The van der Waals surface area contributed by atoms with Crippen LogP contribution in [0, 0.1) is 6.92 Å². The van der Waals surface area contributed by atoms with Gasteiger partial charge in [-0.25, -0.2) is 13.1 Å². The number of halogens is 1. The van der Waals surface area contributed by atoms with E-state index in [9.17, 15) is 8.42 Å². The van der Waals surface area contributed by atoms with Gasteiger partial charge in [0.25, 0.3) is 0 Å². The largest absolute Gasteiger partial charge is 0.271 e. The minimum Gasteiger partial charge on any atom is -0.271 e. The Morgan fingerprint density at radius 1 is 1.21 bits per heavy atom. The predicted octanol–water partition coefficient (Wildman–Crippen LogP) is 3.56. The van der Waals surface area contributed by atoms with Crippen LogP contribution in [0.3, 0.4) is 0 Å². The van der Waals surface area contributed by atoms with E-state index in [2.05, 4.69) is 16.7 Å². The number of aryl methyl sites for hydroxylation is 3. The van der Waals surface area contributed by atoms with Gasteiger partial charge < -0.3 is 0 Å². The lowest BCUT2D eigenvalue weighted by Crippen LogP contribution is -2.25. The summed E-state index contributed by atoms with van der Waals surface area (Å²) in [7, 11) is -3.46. The van der Waals surface area contributed by atoms with E-state index in [4.69, 9.17) is 11.6 Å². The Kier molecular flexibility index (Phi) is 6.83. The summed E-state index contributed by atoms with van der Waals surface area (Å²) in [6.07, 6.45) is 5.62. The highest BCUT2D eigenvalue weighted by molar-refractivity contribution is 7.89. The van der Waals surface area contributed by atoms with Gasteiger partial charge in [0, 0.05) is 19.3 Å². The summed E-state index contributed by atoms with van der Waals surface area (Å²) >= 11 is 5.94. The van der Waals surface area contributed by atoms with Crippen LogP contribution in [0.2, 0.25) is 5.02 Å². The molecule has 1 aromatic heterocycles. The molecule has 0 spiro atoms. The normalized spacial score (nSPS) is 11.8. The van der Waals surface area contributed by atoms with Gasteiger partial charge in [-0.15, -0.1) is 0 Å². The standard InChI is InChI=1S/C17H24ClN3O2S/c1-3-4-6-15-7-9-16(10-8-15)24(22,23)19-11-5-12-21-13-17(18)14(2)20-21/h7-10,13,19H,3-6,11-12H2,1-2H3. The van der Waals surface area contributed by atoms with Crippen LogP contribution in [0.1, 0.15) is 37.4 Å². The predicted molar refractivity (Wildman–Crippen MR) is 96.8 cm³/mol. The summed E-state index contributed by atoms with van der Waals surface area (Å²) < 4.78 is 28.9. The maximum Gasteiger partial charge on any atom is 0.240 e. The maximum absolute atomic E-state index is 12.3. The third kappa shape index (κ3) is 5.33. The van der Waals surface area contributed by atoms with Gasteiger partial charge in [-0.2, -0.15) is 5.10 Å². The molecule has 0 amide bonds. The molecular weight excluding hydrogens is 346 g/mol. The van der Waals surface area contributed by atoms with Gasteiger partial charge in [0.2, 0.25) is 10.0 Å². The van der Waals surface area contributed by atoms with Crippen LogP contribution in [0.15, 0.2) is 35.4 Å². The van der Waals surface area contributed by atoms with Crippen molar-refractivity contribution in [1.82, 2.24) is 14.5 Å². The summed E-state index contributed by atoms with van der Waals surface area (Å²) in [5, 5.41) is 4.87. The maximum atomic E-state index is 12.3. The van der Waals surface area contributed by atoms with Gasteiger partial charge in [-0.1, -0.05) is 37.1 Å². The number of hydrogen-bond acceptors (Lipinski definition) is 3. The number of rotatable bonds is 9. The third-order valence-electron chi connectivity index (χ3n) is 3.80. The lowest BCUT2D eigenvalue weighted by atomic mass is 10.1. The van der Waals surface area contributed by atoms with Crippen molar-refractivity contribution in [1.29, 1.82) is 0 Å². The van der Waals surface area contributed by atoms with Crippen LogP contribution in [0.4, 0.5) is 0 Å². The second-order valence-electron chi connectivity index (χ2n) is 5.82. The van der Waals surface area contributed by atoms with Crippen molar-refractivity contribution in [2.45, 2.75) is 51.0 Å². The van der Waals surface area contributed by atoms with E-state index in [1.54, 1.807) is 23.0 Å². The topological polar surface area (TPSA) is 64.0 Å². The molecule has 2 aromatic rings. The first-order valence-electron chi connectivity index (χ1n) is 8.20. The van der Waals surface area contributed by atoms with E-state index < -0.39 is 10.0 Å². The van der Waals surface area contributed by atoms with Crippen LogP contribution in [-0.4, -0.2) is 24.7 Å². The van der Waals surface area contributed by atoms with Crippen molar-refractivity contribution in [3.63, 3.8) is 0 Å². The SMILES string of the molecule is CCCCc1ccc(S(=O)(=O)NCCCn2cc(Cl)c(C)n2)cc1. The molecule has 1 heterocycles. The first-order valence-corrected chi connectivity index (χ1v) is 10.1. The molecule has 5 nitrogen and oxygen atoms in total. The molecule has 132 valence electrons. The van der Waals surface area contributed by atoms with Crippen LogP contribution in [-0.2, 0) is 23.0 Å². The summed E-state index contributed by atoms with van der Waals surface area (Å²) in [6, 6.07) is 7.12. The first kappa shape index (κ1) is 19.0. The number of hydrogen-bond donors (Lipinski definition) is 1. The molecule has 0 aliphatic carbocycles. The molecule has 7 heteroatoms. The molecule has 2 rings (SSSR count). The molecule has 24 heavy (non-hydrogen) atoms. The molecule has 1 aromatic carbocycles. The molecule has 0 atom stereocenters. The second-order valence-corrected chi connectivity index (χ2v) is 8.00. The van der Waals surface area contributed by atoms with Crippen molar-refractivity contribution >= 4 is 21.6 Å². The van der Waals surface area contributed by atoms with Crippen LogP contribution < -0.4 is 4.72 Å². The highest BCUT2D eigenvalue weighted by Gasteiger charge is 2.13. The number of unbranched alkanes of at least 4 members (excludes halogenated alkanes) is 1. The average Bonchev–Trinajstić information content (AvgIpc) is 2.88. The van der Waals surface area contributed by atoms with Crippen molar-refractivity contribution in [3.8, 4) is 0 Å². The van der Waals surface area contributed by atoms with E-state index >= 15 is 0 Å². The van der Waals surface area contributed by atoms with E-state index in [1.165, 1.54) is 5.56 Å². The lowest BCUT2D eigenvalue weighted by molar-refractivity contribution is 0.551. The molecule has 0 aliphatic rings. The van der Waals surface area contributed by atoms with Gasteiger partial charge in [0.05, 0.1) is 15.6 Å². The van der Waals surface area contributed by atoms with Crippen LogP contribution in [0.25, 0.3) is 0 Å². The highest BCUT2D eigenvalue weighted by atomic mass is 35.5. The molecular formula is C17H24ClN3O2S. The Morgan fingerprint density at radius 3 is 2.50 bits per heavy atom. The van der Waals surface area contributed by atoms with Crippen molar-refractivity contribution in [3.05, 3.63) is 46.7 Å². The van der Waals surface area contributed by atoms with Crippen molar-refractivity contribution < 1.29 is 8.42 Å². The van der Waals surface area contributed by atoms with Crippen molar-refractivity contribution in [2.24, 2.45) is 0 Å².